The second kappa shape index (κ2) is 4.03. The predicted octanol–water partition coefficient (Wildman–Crippen LogP) is 1.05. The van der Waals surface area contributed by atoms with Crippen molar-refractivity contribution >= 4 is 27.0 Å². The fourth-order valence-electron chi connectivity index (χ4n) is 1.46. The van der Waals surface area contributed by atoms with E-state index in [-0.39, 0.29) is 16.7 Å². The van der Waals surface area contributed by atoms with Gasteiger partial charge < -0.3 is 0 Å². The number of aryl methyl sites for hydroxylation is 1. The van der Waals surface area contributed by atoms with E-state index in [1.807, 2.05) is 0 Å². The number of alkyl halides is 1. The van der Waals surface area contributed by atoms with Crippen LogP contribution in [-0.2, 0) is 9.84 Å². The number of hydrogen-bond acceptors (Lipinski definition) is 4. The molecule has 0 radical (unpaired) electrons. The molecule has 5 nitrogen and oxygen atoms in total. The van der Waals surface area contributed by atoms with Crippen LogP contribution in [0.4, 0.5) is 0 Å². The summed E-state index contributed by atoms with van der Waals surface area (Å²) in [6.07, 6.45) is 3.03. The maximum Gasteiger partial charge on any atom is 0.198 e. The van der Waals surface area contributed by atoms with Gasteiger partial charge in [0.05, 0.1) is 11.4 Å². The lowest BCUT2D eigenvalue weighted by Gasteiger charge is -2.02. The van der Waals surface area contributed by atoms with Crippen LogP contribution in [0.5, 0.6) is 0 Å². The maximum atomic E-state index is 11.9. The van der Waals surface area contributed by atoms with Gasteiger partial charge in [0.25, 0.3) is 0 Å². The number of fused-ring (bicyclic) bond motifs is 1. The van der Waals surface area contributed by atoms with E-state index in [1.165, 1.54) is 10.7 Å². The lowest BCUT2D eigenvalue weighted by atomic mass is 10.4. The van der Waals surface area contributed by atoms with Crippen LogP contribution in [0.25, 0.3) is 5.52 Å². The zero-order valence-corrected chi connectivity index (χ0v) is 10.2. The lowest BCUT2D eigenvalue weighted by Crippen LogP contribution is -2.11. The van der Waals surface area contributed by atoms with Gasteiger partial charge in [0, 0.05) is 18.3 Å². The molecule has 2 aromatic heterocycles. The molecule has 0 atom stereocenters. The molecular weight excluding hydrogens is 250 g/mol. The molecule has 0 fully saturated rings. The molecule has 7 heteroatoms. The van der Waals surface area contributed by atoms with E-state index >= 15 is 0 Å². The van der Waals surface area contributed by atoms with Crippen molar-refractivity contribution in [1.29, 1.82) is 0 Å². The topological polar surface area (TPSA) is 64.3 Å². The molecule has 0 aliphatic rings. The standard InChI is InChI=1S/C9H10ClN3O2S/c1-7-6-8-9(16(14,15)5-2-10)11-3-4-13(8)12-7/h3-4,6H,2,5H2,1H3. The van der Waals surface area contributed by atoms with Crippen LogP contribution in [-0.4, -0.2) is 34.6 Å². The van der Waals surface area contributed by atoms with Crippen molar-refractivity contribution < 1.29 is 8.42 Å². The fourth-order valence-corrected chi connectivity index (χ4v) is 3.16. The molecule has 0 aromatic carbocycles. The van der Waals surface area contributed by atoms with Crippen LogP contribution < -0.4 is 0 Å². The molecule has 86 valence electrons. The van der Waals surface area contributed by atoms with Crippen LogP contribution in [0, 0.1) is 6.92 Å². The van der Waals surface area contributed by atoms with E-state index in [1.54, 1.807) is 19.2 Å². The number of rotatable bonds is 3. The van der Waals surface area contributed by atoms with Gasteiger partial charge in [0.1, 0.15) is 5.52 Å². The first kappa shape index (κ1) is 11.3. The molecule has 16 heavy (non-hydrogen) atoms. The van der Waals surface area contributed by atoms with Gasteiger partial charge in [0.15, 0.2) is 14.9 Å². The van der Waals surface area contributed by atoms with E-state index in [9.17, 15) is 8.42 Å². The zero-order valence-electron chi connectivity index (χ0n) is 8.59. The average Bonchev–Trinajstić information content (AvgIpc) is 2.56. The van der Waals surface area contributed by atoms with Crippen molar-refractivity contribution in [3.63, 3.8) is 0 Å². The molecule has 0 spiro atoms. The summed E-state index contributed by atoms with van der Waals surface area (Å²) < 4.78 is 25.2. The molecule has 0 unspecified atom stereocenters. The van der Waals surface area contributed by atoms with Gasteiger partial charge in [-0.3, -0.25) is 0 Å². The molecule has 2 aromatic rings. The van der Waals surface area contributed by atoms with Crippen LogP contribution in [0.2, 0.25) is 0 Å². The highest BCUT2D eigenvalue weighted by Gasteiger charge is 2.19. The van der Waals surface area contributed by atoms with Crippen LogP contribution >= 0.6 is 11.6 Å². The number of hydrogen-bond donors (Lipinski definition) is 0. The summed E-state index contributed by atoms with van der Waals surface area (Å²) >= 11 is 5.46. The fraction of sp³-hybridized carbons (Fsp3) is 0.333. The highest BCUT2D eigenvalue weighted by atomic mass is 35.5. The van der Waals surface area contributed by atoms with Crippen LogP contribution in [0.15, 0.2) is 23.5 Å². The van der Waals surface area contributed by atoms with Crippen molar-refractivity contribution in [3.8, 4) is 0 Å². The molecule has 0 amide bonds. The Labute approximate surface area is 98.0 Å². The Balaban J connectivity index is 2.69. The summed E-state index contributed by atoms with van der Waals surface area (Å²) in [5.74, 6) is -0.0658. The third-order valence-electron chi connectivity index (χ3n) is 2.12. The van der Waals surface area contributed by atoms with Gasteiger partial charge in [-0.05, 0) is 13.0 Å². The van der Waals surface area contributed by atoms with E-state index in [2.05, 4.69) is 10.1 Å². The Morgan fingerprint density at radius 3 is 2.94 bits per heavy atom. The smallest absolute Gasteiger partial charge is 0.198 e. The van der Waals surface area contributed by atoms with Crippen molar-refractivity contribution in [1.82, 2.24) is 14.6 Å². The van der Waals surface area contributed by atoms with Crippen molar-refractivity contribution in [2.45, 2.75) is 11.9 Å². The molecule has 2 heterocycles. The molecule has 0 bridgehead atoms. The Kier molecular flexibility index (Phi) is 2.86. The summed E-state index contributed by atoms with van der Waals surface area (Å²) in [6, 6.07) is 1.69. The largest absolute Gasteiger partial charge is 0.241 e. The van der Waals surface area contributed by atoms with Gasteiger partial charge in [0.2, 0.25) is 0 Å². The van der Waals surface area contributed by atoms with E-state index in [0.29, 0.717) is 5.52 Å². The quantitative estimate of drug-likeness (QED) is 0.773. The maximum absolute atomic E-state index is 11.9. The van der Waals surface area contributed by atoms with Gasteiger partial charge in [-0.15, -0.1) is 11.6 Å². The predicted molar refractivity (Wildman–Crippen MR) is 60.5 cm³/mol. The Hall–Kier alpha value is -1.14. The molecule has 0 aliphatic heterocycles. The monoisotopic (exact) mass is 259 g/mol. The first-order chi connectivity index (χ1) is 7.54. The molecule has 0 saturated carbocycles. The van der Waals surface area contributed by atoms with Gasteiger partial charge in [-0.1, -0.05) is 0 Å². The third-order valence-corrected chi connectivity index (χ3v) is 4.18. The van der Waals surface area contributed by atoms with Gasteiger partial charge in [-0.25, -0.2) is 17.9 Å². The lowest BCUT2D eigenvalue weighted by molar-refractivity contribution is 0.594. The summed E-state index contributed by atoms with van der Waals surface area (Å²) in [5, 5.41) is 4.16. The summed E-state index contributed by atoms with van der Waals surface area (Å²) in [6.45, 7) is 1.80. The molecule has 0 N–H and O–H groups in total. The molecule has 2 rings (SSSR count). The third kappa shape index (κ3) is 1.90. The number of aromatic nitrogens is 3. The van der Waals surface area contributed by atoms with E-state index in [0.717, 1.165) is 5.69 Å². The second-order valence-corrected chi connectivity index (χ2v) is 5.76. The minimum atomic E-state index is -3.43. The number of sulfone groups is 1. The Morgan fingerprint density at radius 2 is 2.25 bits per heavy atom. The molecule has 0 saturated heterocycles. The van der Waals surface area contributed by atoms with Crippen LogP contribution in [0.1, 0.15) is 5.69 Å². The van der Waals surface area contributed by atoms with Gasteiger partial charge >= 0.3 is 0 Å². The first-order valence-corrected chi connectivity index (χ1v) is 6.83. The normalized spacial score (nSPS) is 12.1. The second-order valence-electron chi connectivity index (χ2n) is 3.36. The number of halogens is 1. The summed E-state index contributed by atoms with van der Waals surface area (Å²) in [7, 11) is -3.43. The highest BCUT2D eigenvalue weighted by molar-refractivity contribution is 7.91. The summed E-state index contributed by atoms with van der Waals surface area (Å²) in [5.41, 5.74) is 1.24. The minimum Gasteiger partial charge on any atom is -0.241 e. The number of nitrogens with zero attached hydrogens (tertiary/aromatic N) is 3. The van der Waals surface area contributed by atoms with Gasteiger partial charge in [-0.2, -0.15) is 5.10 Å². The first-order valence-electron chi connectivity index (χ1n) is 4.64. The highest BCUT2D eigenvalue weighted by Crippen LogP contribution is 2.16. The van der Waals surface area contributed by atoms with E-state index < -0.39 is 9.84 Å². The average molecular weight is 260 g/mol. The zero-order chi connectivity index (χ0) is 11.8. The molecular formula is C9H10ClN3O2S. The SMILES string of the molecule is Cc1cc2c(S(=O)(=O)CCCl)nccn2n1. The Morgan fingerprint density at radius 1 is 1.50 bits per heavy atom. The van der Waals surface area contributed by atoms with Crippen molar-refractivity contribution in [2.24, 2.45) is 0 Å². The minimum absolute atomic E-state index is 0.0382. The molecule has 0 aliphatic carbocycles. The van der Waals surface area contributed by atoms with E-state index in [4.69, 9.17) is 11.6 Å². The van der Waals surface area contributed by atoms with Crippen molar-refractivity contribution in [3.05, 3.63) is 24.2 Å². The Bertz CT molecular complexity index is 621. The van der Waals surface area contributed by atoms with Crippen LogP contribution in [0.3, 0.4) is 0 Å². The van der Waals surface area contributed by atoms with Crippen molar-refractivity contribution in [2.75, 3.05) is 11.6 Å². The summed E-state index contributed by atoms with van der Waals surface area (Å²) in [4.78, 5) is 3.90.